The summed E-state index contributed by atoms with van der Waals surface area (Å²) < 4.78 is 11.1. The van der Waals surface area contributed by atoms with Gasteiger partial charge in [-0.15, -0.1) is 0 Å². The second-order valence-corrected chi connectivity index (χ2v) is 10.4. The predicted octanol–water partition coefficient (Wildman–Crippen LogP) is 8.64. The minimum Gasteiger partial charge on any atom is -0.463 e. The third kappa shape index (κ3) is 14.3. The van der Waals surface area contributed by atoms with E-state index in [1.54, 1.807) is 0 Å². The van der Waals surface area contributed by atoms with Crippen LogP contribution < -0.4 is 0 Å². The van der Waals surface area contributed by atoms with E-state index < -0.39 is 24.1 Å². The maximum atomic E-state index is 12.0. The van der Waals surface area contributed by atoms with Crippen LogP contribution in [0, 0.1) is 0 Å². The van der Waals surface area contributed by atoms with E-state index >= 15 is 0 Å². The van der Waals surface area contributed by atoms with Crippen molar-refractivity contribution in [1.29, 1.82) is 0 Å². The van der Waals surface area contributed by atoms with Crippen LogP contribution in [0.5, 0.6) is 0 Å². The van der Waals surface area contributed by atoms with Crippen LogP contribution >= 0.6 is 0 Å². The lowest BCUT2D eigenvalue weighted by Gasteiger charge is -2.22. The van der Waals surface area contributed by atoms with Crippen LogP contribution in [0.15, 0.2) is 77.8 Å². The number of benzene rings is 2. The monoisotopic (exact) mass is 547 g/mol. The minimum atomic E-state index is -0.646. The molecule has 5 nitrogen and oxygen atoms in total. The van der Waals surface area contributed by atoms with Crippen molar-refractivity contribution >= 4 is 17.7 Å². The van der Waals surface area contributed by atoms with E-state index in [4.69, 9.17) is 14.5 Å². The zero-order chi connectivity index (χ0) is 28.8. The molecule has 0 aliphatic heterocycles. The first kappa shape index (κ1) is 33.0. The van der Waals surface area contributed by atoms with Gasteiger partial charge in [0.2, 0.25) is 0 Å². The summed E-state index contributed by atoms with van der Waals surface area (Å²) in [6, 6.07) is 19.2. The molecule has 0 heterocycles. The molecule has 0 fully saturated rings. The van der Waals surface area contributed by atoms with Gasteiger partial charge in [0.1, 0.15) is 18.8 Å². The molecule has 2 atom stereocenters. The highest BCUT2D eigenvalue weighted by molar-refractivity contribution is 6.13. The number of allylic oxidation sites excluding steroid dienone is 1. The maximum Gasteiger partial charge on any atom is 0.303 e. The molecule has 2 rings (SSSR count). The van der Waals surface area contributed by atoms with Gasteiger partial charge in [0.15, 0.2) is 0 Å². The molecular weight excluding hydrogens is 498 g/mol. The second kappa shape index (κ2) is 20.7. The van der Waals surface area contributed by atoms with Crippen LogP contribution in [0.3, 0.4) is 0 Å². The third-order valence-electron chi connectivity index (χ3n) is 6.83. The van der Waals surface area contributed by atoms with E-state index in [2.05, 4.69) is 13.0 Å². The van der Waals surface area contributed by atoms with Crippen molar-refractivity contribution in [3.63, 3.8) is 0 Å². The lowest BCUT2D eigenvalue weighted by Crippen LogP contribution is -2.33. The number of carbonyl (C=O) groups is 2. The van der Waals surface area contributed by atoms with E-state index in [-0.39, 0.29) is 6.61 Å². The molecule has 218 valence electrons. The van der Waals surface area contributed by atoms with E-state index in [1.165, 1.54) is 78.1 Å². The molecular formula is C35H49NO4. The molecule has 0 saturated carbocycles. The smallest absolute Gasteiger partial charge is 0.303 e. The van der Waals surface area contributed by atoms with E-state index in [9.17, 15) is 9.59 Å². The lowest BCUT2D eigenvalue weighted by atomic mass is 10.0. The Morgan fingerprint density at radius 1 is 0.725 bits per heavy atom. The number of nitrogens with zero attached hydrogens (tertiary/aromatic N) is 1. The highest BCUT2D eigenvalue weighted by Crippen LogP contribution is 2.17. The Hall–Kier alpha value is -3.21. The fourth-order valence-electron chi connectivity index (χ4n) is 4.68. The first-order valence-electron chi connectivity index (χ1n) is 15.2. The molecule has 0 unspecified atom stereocenters. The number of aliphatic imine (C=N–C) groups is 1. The van der Waals surface area contributed by atoms with Crippen LogP contribution in [0.1, 0.15) is 109 Å². The van der Waals surface area contributed by atoms with Crippen LogP contribution in [0.2, 0.25) is 0 Å². The van der Waals surface area contributed by atoms with Gasteiger partial charge in [-0.2, -0.15) is 0 Å². The molecule has 2 aromatic rings. The Morgan fingerprint density at radius 3 is 1.70 bits per heavy atom. The van der Waals surface area contributed by atoms with Gasteiger partial charge in [-0.3, -0.25) is 14.6 Å². The molecule has 0 aromatic heterocycles. The average molecular weight is 548 g/mol. The first-order valence-corrected chi connectivity index (χ1v) is 15.2. The van der Waals surface area contributed by atoms with Gasteiger partial charge < -0.3 is 9.47 Å². The number of carbonyl (C=O) groups excluding carboxylic acids is 2. The SMILES string of the molecule is CCCCCCCCCCCCC/C=C/[C@@H](OC(C)=O)[C@H](COC(C)=O)N=C(c1ccccc1)c1ccccc1. The van der Waals surface area contributed by atoms with Crippen LogP contribution in [-0.4, -0.2) is 36.4 Å². The average Bonchev–Trinajstić information content (AvgIpc) is 2.95. The van der Waals surface area contributed by atoms with Crippen molar-refractivity contribution in [3.05, 3.63) is 83.9 Å². The Balaban J connectivity index is 2.05. The van der Waals surface area contributed by atoms with Crippen LogP contribution in [-0.2, 0) is 19.1 Å². The molecule has 0 radical (unpaired) electrons. The molecule has 0 spiro atoms. The Kier molecular flexibility index (Phi) is 17.0. The second-order valence-electron chi connectivity index (χ2n) is 10.4. The van der Waals surface area contributed by atoms with E-state index in [0.717, 1.165) is 29.7 Å². The molecule has 5 heteroatoms. The highest BCUT2D eigenvalue weighted by Gasteiger charge is 2.24. The standard InChI is InChI=1S/C35H49NO4/c1-4-5-6-7-8-9-10-11-12-13-14-15-22-27-34(40-30(3)38)33(28-39-29(2)37)36-35(31-23-18-16-19-24-31)32-25-20-17-21-26-32/h16-27,33-34H,4-15,28H2,1-3H3/b27-22+/t33-,34+/m0/s1. The molecule has 0 saturated heterocycles. The van der Waals surface area contributed by atoms with Crippen LogP contribution in [0.4, 0.5) is 0 Å². The largest absolute Gasteiger partial charge is 0.463 e. The van der Waals surface area contributed by atoms with Gasteiger partial charge in [0.25, 0.3) is 0 Å². The van der Waals surface area contributed by atoms with E-state index in [1.807, 2.05) is 66.7 Å². The quantitative estimate of drug-likeness (QED) is 0.0720. The topological polar surface area (TPSA) is 65.0 Å². The first-order chi connectivity index (χ1) is 19.5. The normalized spacial score (nSPS) is 12.6. The van der Waals surface area contributed by atoms with Gasteiger partial charge in [0.05, 0.1) is 5.71 Å². The maximum absolute atomic E-state index is 12.0. The Labute approximate surface area is 242 Å². The van der Waals surface area contributed by atoms with Crippen molar-refractivity contribution in [1.82, 2.24) is 0 Å². The van der Waals surface area contributed by atoms with Crippen molar-refractivity contribution < 1.29 is 19.1 Å². The number of unbranched alkanes of at least 4 members (excludes halogenated alkanes) is 11. The van der Waals surface area contributed by atoms with Gasteiger partial charge in [0, 0.05) is 25.0 Å². The Bertz CT molecular complexity index is 975. The van der Waals surface area contributed by atoms with Crippen molar-refractivity contribution in [2.24, 2.45) is 4.99 Å². The number of ether oxygens (including phenoxy) is 2. The molecule has 0 N–H and O–H groups in total. The fraction of sp³-hybridized carbons (Fsp3) is 0.514. The van der Waals surface area contributed by atoms with Crippen molar-refractivity contribution in [2.75, 3.05) is 6.61 Å². The summed E-state index contributed by atoms with van der Waals surface area (Å²) >= 11 is 0. The predicted molar refractivity (Wildman–Crippen MR) is 165 cm³/mol. The molecule has 0 amide bonds. The molecule has 40 heavy (non-hydrogen) atoms. The summed E-state index contributed by atoms with van der Waals surface area (Å²) in [7, 11) is 0. The lowest BCUT2D eigenvalue weighted by molar-refractivity contribution is -0.147. The fourth-order valence-corrected chi connectivity index (χ4v) is 4.68. The van der Waals surface area contributed by atoms with Gasteiger partial charge in [-0.05, 0) is 18.9 Å². The number of hydrogen-bond donors (Lipinski definition) is 0. The van der Waals surface area contributed by atoms with Crippen LogP contribution in [0.25, 0.3) is 0 Å². The molecule has 0 aliphatic rings. The van der Waals surface area contributed by atoms with E-state index in [0.29, 0.717) is 0 Å². The molecule has 2 aromatic carbocycles. The summed E-state index contributed by atoms with van der Waals surface area (Å²) in [6.07, 6.45) is 18.6. The number of rotatable bonds is 20. The Morgan fingerprint density at radius 2 is 1.23 bits per heavy atom. The van der Waals surface area contributed by atoms with Crippen molar-refractivity contribution in [2.45, 2.75) is 110 Å². The van der Waals surface area contributed by atoms with Crippen molar-refractivity contribution in [3.8, 4) is 0 Å². The summed E-state index contributed by atoms with van der Waals surface area (Å²) in [5.41, 5.74) is 2.63. The highest BCUT2D eigenvalue weighted by atomic mass is 16.6. The van der Waals surface area contributed by atoms with Gasteiger partial charge >= 0.3 is 11.9 Å². The van der Waals surface area contributed by atoms with Gasteiger partial charge in [-0.25, -0.2) is 0 Å². The number of esters is 2. The zero-order valence-corrected chi connectivity index (χ0v) is 24.9. The summed E-state index contributed by atoms with van der Waals surface area (Å²) in [6.45, 7) is 5.04. The summed E-state index contributed by atoms with van der Waals surface area (Å²) in [5.74, 6) is -0.791. The molecule has 0 aliphatic carbocycles. The molecule has 0 bridgehead atoms. The number of hydrogen-bond acceptors (Lipinski definition) is 5. The summed E-state index contributed by atoms with van der Waals surface area (Å²) in [5, 5.41) is 0. The zero-order valence-electron chi connectivity index (χ0n) is 24.9. The minimum absolute atomic E-state index is 0.0131. The summed E-state index contributed by atoms with van der Waals surface area (Å²) in [4.78, 5) is 28.8. The third-order valence-corrected chi connectivity index (χ3v) is 6.83. The van der Waals surface area contributed by atoms with Gasteiger partial charge in [-0.1, -0.05) is 138 Å².